The lowest BCUT2D eigenvalue weighted by Crippen LogP contribution is -2.33. The van der Waals surface area contributed by atoms with E-state index in [1.165, 1.54) is 29.5 Å². The monoisotopic (exact) mass is 281 g/mol. The predicted octanol–water partition coefficient (Wildman–Crippen LogP) is 4.17. The molecule has 3 rings (SSSR count). The highest BCUT2D eigenvalue weighted by molar-refractivity contribution is 5.39. The van der Waals surface area contributed by atoms with E-state index in [0.29, 0.717) is 6.61 Å². The van der Waals surface area contributed by atoms with Crippen LogP contribution in [0.25, 0.3) is 0 Å². The van der Waals surface area contributed by atoms with Gasteiger partial charge in [0.2, 0.25) is 0 Å². The van der Waals surface area contributed by atoms with Gasteiger partial charge < -0.3 is 10.1 Å². The topological polar surface area (TPSA) is 21.3 Å². The third kappa shape index (κ3) is 3.11. The maximum absolute atomic E-state index is 5.95. The maximum atomic E-state index is 5.95. The maximum Gasteiger partial charge on any atom is 0.122 e. The van der Waals surface area contributed by atoms with Crippen molar-refractivity contribution in [2.45, 2.75) is 38.8 Å². The molecule has 0 aliphatic carbocycles. The lowest BCUT2D eigenvalue weighted by Gasteiger charge is -2.26. The van der Waals surface area contributed by atoms with Gasteiger partial charge in [-0.15, -0.1) is 0 Å². The van der Waals surface area contributed by atoms with Crippen molar-refractivity contribution in [3.8, 4) is 5.75 Å². The van der Waals surface area contributed by atoms with Crippen LogP contribution in [0.4, 0.5) is 0 Å². The summed E-state index contributed by atoms with van der Waals surface area (Å²) in [6.45, 7) is 6.15. The highest BCUT2D eigenvalue weighted by Crippen LogP contribution is 2.33. The van der Waals surface area contributed by atoms with Crippen molar-refractivity contribution in [2.75, 3.05) is 6.54 Å². The van der Waals surface area contributed by atoms with Crippen LogP contribution in [0.3, 0.4) is 0 Å². The van der Waals surface area contributed by atoms with E-state index >= 15 is 0 Å². The van der Waals surface area contributed by atoms with Crippen molar-refractivity contribution < 1.29 is 4.74 Å². The van der Waals surface area contributed by atoms with Gasteiger partial charge in [-0.05, 0) is 56.0 Å². The Morgan fingerprint density at radius 3 is 2.62 bits per heavy atom. The van der Waals surface area contributed by atoms with Crippen molar-refractivity contribution >= 4 is 0 Å². The lowest BCUT2D eigenvalue weighted by molar-refractivity contribution is 0.303. The van der Waals surface area contributed by atoms with E-state index in [-0.39, 0.29) is 5.54 Å². The summed E-state index contributed by atoms with van der Waals surface area (Å²) in [6, 6.07) is 16.9. The van der Waals surface area contributed by atoms with Gasteiger partial charge in [0.15, 0.2) is 0 Å². The zero-order valence-corrected chi connectivity index (χ0v) is 12.9. The summed E-state index contributed by atoms with van der Waals surface area (Å²) >= 11 is 0. The first kappa shape index (κ1) is 14.2. The molecule has 0 aromatic heterocycles. The third-order valence-electron chi connectivity index (χ3n) is 4.42. The molecule has 1 N–H and O–H groups in total. The Kier molecular flexibility index (Phi) is 3.98. The third-order valence-corrected chi connectivity index (χ3v) is 4.42. The fourth-order valence-electron chi connectivity index (χ4n) is 3.03. The van der Waals surface area contributed by atoms with Gasteiger partial charge >= 0.3 is 0 Å². The number of benzene rings is 2. The fourth-order valence-corrected chi connectivity index (χ4v) is 3.03. The van der Waals surface area contributed by atoms with Gasteiger partial charge in [0.25, 0.3) is 0 Å². The molecule has 1 saturated heterocycles. The average molecular weight is 281 g/mol. The van der Waals surface area contributed by atoms with Crippen LogP contribution in [0.15, 0.2) is 48.5 Å². The molecule has 1 aliphatic rings. The Bertz CT molecular complexity index is 600. The normalized spacial score (nSPS) is 21.4. The standard InChI is InChI=1S/C19H23NO/c1-15-13-17(19(2)11-6-12-20-19)9-10-18(15)21-14-16-7-4-3-5-8-16/h3-5,7-10,13,20H,6,11-12,14H2,1-2H3. The van der Waals surface area contributed by atoms with E-state index in [1.54, 1.807) is 0 Å². The van der Waals surface area contributed by atoms with Crippen LogP contribution in [0.2, 0.25) is 0 Å². The van der Waals surface area contributed by atoms with E-state index in [4.69, 9.17) is 4.74 Å². The van der Waals surface area contributed by atoms with Gasteiger partial charge in [-0.3, -0.25) is 0 Å². The van der Waals surface area contributed by atoms with Crippen LogP contribution in [0.1, 0.15) is 36.5 Å². The van der Waals surface area contributed by atoms with Gasteiger partial charge in [0, 0.05) is 5.54 Å². The molecule has 1 heterocycles. The fraction of sp³-hybridized carbons (Fsp3) is 0.368. The molecule has 21 heavy (non-hydrogen) atoms. The van der Waals surface area contributed by atoms with Crippen molar-refractivity contribution in [2.24, 2.45) is 0 Å². The molecule has 2 heteroatoms. The summed E-state index contributed by atoms with van der Waals surface area (Å²) in [5.41, 5.74) is 3.90. The quantitative estimate of drug-likeness (QED) is 0.908. The van der Waals surface area contributed by atoms with Crippen LogP contribution in [-0.2, 0) is 12.1 Å². The van der Waals surface area contributed by atoms with E-state index in [9.17, 15) is 0 Å². The molecule has 0 spiro atoms. The van der Waals surface area contributed by atoms with E-state index in [2.05, 4.69) is 49.5 Å². The number of nitrogens with one attached hydrogen (secondary N) is 1. The summed E-state index contributed by atoms with van der Waals surface area (Å²) in [5.74, 6) is 0.976. The molecule has 2 aromatic carbocycles. The Morgan fingerprint density at radius 1 is 1.14 bits per heavy atom. The van der Waals surface area contributed by atoms with Crippen LogP contribution < -0.4 is 10.1 Å². The second-order valence-electron chi connectivity index (χ2n) is 6.12. The molecule has 1 aliphatic heterocycles. The Hall–Kier alpha value is -1.80. The van der Waals surface area contributed by atoms with E-state index in [1.807, 2.05) is 18.2 Å². The second-order valence-corrected chi connectivity index (χ2v) is 6.12. The van der Waals surface area contributed by atoms with E-state index in [0.717, 1.165) is 12.3 Å². The van der Waals surface area contributed by atoms with Gasteiger partial charge in [0.1, 0.15) is 12.4 Å². The number of hydrogen-bond acceptors (Lipinski definition) is 2. The molecule has 0 radical (unpaired) electrons. The number of aryl methyl sites for hydroxylation is 1. The predicted molar refractivity (Wildman–Crippen MR) is 86.5 cm³/mol. The first-order valence-electron chi connectivity index (χ1n) is 7.70. The summed E-state index contributed by atoms with van der Waals surface area (Å²) in [4.78, 5) is 0. The summed E-state index contributed by atoms with van der Waals surface area (Å²) < 4.78 is 5.95. The highest BCUT2D eigenvalue weighted by Gasteiger charge is 2.30. The lowest BCUT2D eigenvalue weighted by atomic mass is 9.89. The molecule has 2 aromatic rings. The molecular formula is C19H23NO. The van der Waals surface area contributed by atoms with Gasteiger partial charge in [-0.1, -0.05) is 42.5 Å². The summed E-state index contributed by atoms with van der Waals surface area (Å²) in [6.07, 6.45) is 2.46. The highest BCUT2D eigenvalue weighted by atomic mass is 16.5. The molecule has 1 atom stereocenters. The molecule has 110 valence electrons. The minimum absolute atomic E-state index is 0.128. The van der Waals surface area contributed by atoms with Crippen molar-refractivity contribution in [3.05, 3.63) is 65.2 Å². The molecule has 0 bridgehead atoms. The van der Waals surface area contributed by atoms with Crippen molar-refractivity contribution in [3.63, 3.8) is 0 Å². The zero-order chi connectivity index (χ0) is 14.7. The van der Waals surface area contributed by atoms with Gasteiger partial charge in [-0.2, -0.15) is 0 Å². The van der Waals surface area contributed by atoms with Crippen LogP contribution >= 0.6 is 0 Å². The molecule has 2 nitrogen and oxygen atoms in total. The smallest absolute Gasteiger partial charge is 0.122 e. The number of ether oxygens (including phenoxy) is 1. The van der Waals surface area contributed by atoms with Crippen molar-refractivity contribution in [1.29, 1.82) is 0 Å². The van der Waals surface area contributed by atoms with Gasteiger partial charge in [-0.25, -0.2) is 0 Å². The largest absolute Gasteiger partial charge is 0.489 e. The minimum atomic E-state index is 0.128. The Morgan fingerprint density at radius 2 is 1.95 bits per heavy atom. The van der Waals surface area contributed by atoms with E-state index < -0.39 is 0 Å². The van der Waals surface area contributed by atoms with Crippen molar-refractivity contribution in [1.82, 2.24) is 5.32 Å². The van der Waals surface area contributed by atoms with Crippen LogP contribution in [-0.4, -0.2) is 6.54 Å². The molecule has 0 amide bonds. The van der Waals surface area contributed by atoms with Crippen LogP contribution in [0, 0.1) is 6.92 Å². The first-order chi connectivity index (χ1) is 10.2. The first-order valence-corrected chi connectivity index (χ1v) is 7.70. The zero-order valence-electron chi connectivity index (χ0n) is 12.9. The summed E-state index contributed by atoms with van der Waals surface area (Å²) in [5, 5.41) is 3.61. The number of rotatable bonds is 4. The minimum Gasteiger partial charge on any atom is -0.489 e. The molecule has 0 saturated carbocycles. The molecular weight excluding hydrogens is 258 g/mol. The van der Waals surface area contributed by atoms with Gasteiger partial charge in [0.05, 0.1) is 0 Å². The Labute approximate surface area is 127 Å². The summed E-state index contributed by atoms with van der Waals surface area (Å²) in [7, 11) is 0. The molecule has 1 unspecified atom stereocenters. The SMILES string of the molecule is Cc1cc(C2(C)CCCN2)ccc1OCc1ccccc1. The molecule has 1 fully saturated rings. The van der Waals surface area contributed by atoms with Crippen LogP contribution in [0.5, 0.6) is 5.75 Å². The number of hydrogen-bond donors (Lipinski definition) is 1. The Balaban J connectivity index is 1.73. The average Bonchev–Trinajstić information content (AvgIpc) is 2.95. The second kappa shape index (κ2) is 5.90.